The van der Waals surface area contributed by atoms with Crippen molar-refractivity contribution < 1.29 is 19.2 Å². The molecule has 0 aliphatic heterocycles. The van der Waals surface area contributed by atoms with Crippen LogP contribution in [0.5, 0.6) is 5.75 Å². The summed E-state index contributed by atoms with van der Waals surface area (Å²) in [5.41, 5.74) is 0.991. The summed E-state index contributed by atoms with van der Waals surface area (Å²) < 4.78 is 10.1. The predicted octanol–water partition coefficient (Wildman–Crippen LogP) is 2.52. The van der Waals surface area contributed by atoms with Crippen molar-refractivity contribution in [2.45, 2.75) is 19.3 Å². The Kier molecular flexibility index (Phi) is 4.57. The third-order valence-electron chi connectivity index (χ3n) is 3.61. The van der Waals surface area contributed by atoms with Gasteiger partial charge in [-0.1, -0.05) is 12.1 Å². The molecule has 0 saturated carbocycles. The molecule has 0 saturated heterocycles. The van der Waals surface area contributed by atoms with Crippen molar-refractivity contribution in [1.82, 2.24) is 0 Å². The molecule has 0 spiro atoms. The Hall–Kier alpha value is -2.37. The number of ether oxygens (including phenoxy) is 2. The van der Waals surface area contributed by atoms with E-state index in [0.29, 0.717) is 12.2 Å². The lowest BCUT2D eigenvalue weighted by Gasteiger charge is -2.19. The highest BCUT2D eigenvalue weighted by Gasteiger charge is 2.39. The molecule has 0 fully saturated rings. The smallest absolute Gasteiger partial charge is 0.302 e. The maximum atomic E-state index is 11.2. The molecule has 1 aliphatic rings. The molecular formula is C15H17NO5. The summed E-state index contributed by atoms with van der Waals surface area (Å²) in [7, 11) is 1.57. The molecule has 2 rings (SSSR count). The van der Waals surface area contributed by atoms with Crippen LogP contribution in [0.15, 0.2) is 36.0 Å². The van der Waals surface area contributed by atoms with Gasteiger partial charge < -0.3 is 9.47 Å². The molecule has 1 aliphatic carbocycles. The molecule has 0 bridgehead atoms. The summed E-state index contributed by atoms with van der Waals surface area (Å²) in [5.74, 6) is -0.161. The van der Waals surface area contributed by atoms with Crippen LogP contribution in [0.4, 0.5) is 0 Å². The molecule has 1 aromatic carbocycles. The van der Waals surface area contributed by atoms with Crippen LogP contribution in [0.2, 0.25) is 0 Å². The second-order valence-electron chi connectivity index (χ2n) is 4.94. The Labute approximate surface area is 122 Å². The predicted molar refractivity (Wildman–Crippen MR) is 75.6 cm³/mol. The zero-order valence-corrected chi connectivity index (χ0v) is 11.9. The molecular weight excluding hydrogens is 274 g/mol. The lowest BCUT2D eigenvalue weighted by Crippen LogP contribution is -2.19. The third kappa shape index (κ3) is 3.39. The third-order valence-corrected chi connectivity index (χ3v) is 3.61. The van der Waals surface area contributed by atoms with Gasteiger partial charge in [0.25, 0.3) is 0 Å². The zero-order chi connectivity index (χ0) is 15.4. The first-order chi connectivity index (χ1) is 10.0. The maximum absolute atomic E-state index is 11.2. The second-order valence-corrected chi connectivity index (χ2v) is 4.94. The molecule has 0 radical (unpaired) electrons. The highest BCUT2D eigenvalue weighted by atomic mass is 16.6. The van der Waals surface area contributed by atoms with E-state index in [2.05, 4.69) is 0 Å². The van der Waals surface area contributed by atoms with Crippen LogP contribution >= 0.6 is 0 Å². The quantitative estimate of drug-likeness (QED) is 0.473. The molecule has 0 heterocycles. The van der Waals surface area contributed by atoms with E-state index in [1.54, 1.807) is 25.3 Å². The summed E-state index contributed by atoms with van der Waals surface area (Å²) in [6, 6.07) is 7.17. The minimum Gasteiger partial charge on any atom is -0.497 e. The molecule has 6 heteroatoms. The van der Waals surface area contributed by atoms with Gasteiger partial charge in [0.2, 0.25) is 5.70 Å². The number of nitrogens with zero attached hydrogens (tertiary/aromatic N) is 1. The summed E-state index contributed by atoms with van der Waals surface area (Å²) >= 11 is 0. The van der Waals surface area contributed by atoms with Crippen LogP contribution in [0.3, 0.4) is 0 Å². The van der Waals surface area contributed by atoms with Gasteiger partial charge in [-0.25, -0.2) is 0 Å². The Balaban J connectivity index is 2.24. The first-order valence-electron chi connectivity index (χ1n) is 6.64. The van der Waals surface area contributed by atoms with Crippen LogP contribution in [0.1, 0.15) is 24.8 Å². The van der Waals surface area contributed by atoms with Crippen molar-refractivity contribution in [2.24, 2.45) is 5.92 Å². The van der Waals surface area contributed by atoms with E-state index >= 15 is 0 Å². The van der Waals surface area contributed by atoms with Gasteiger partial charge in [0.1, 0.15) is 5.75 Å². The van der Waals surface area contributed by atoms with Gasteiger partial charge in [0.15, 0.2) is 0 Å². The Morgan fingerprint density at radius 2 is 2.05 bits per heavy atom. The van der Waals surface area contributed by atoms with Crippen LogP contribution in [0.25, 0.3) is 0 Å². The number of methoxy groups -OCH3 is 1. The van der Waals surface area contributed by atoms with Crippen molar-refractivity contribution in [3.05, 3.63) is 51.7 Å². The fourth-order valence-electron chi connectivity index (χ4n) is 2.61. The monoisotopic (exact) mass is 291 g/mol. The van der Waals surface area contributed by atoms with Gasteiger partial charge >= 0.3 is 5.97 Å². The van der Waals surface area contributed by atoms with Crippen molar-refractivity contribution in [1.29, 1.82) is 0 Å². The number of nitro groups is 1. The van der Waals surface area contributed by atoms with Crippen LogP contribution < -0.4 is 4.74 Å². The standard InChI is InChI=1S/C15H17NO5/c1-10(17)21-9-12-5-8-14(16(18)19)15(12)11-3-6-13(20-2)7-4-11/h3-4,6-8,12,15H,5,9H2,1-2H3/t12-,15+/m0/s1. The van der Waals surface area contributed by atoms with E-state index in [-0.39, 0.29) is 35.0 Å². The molecule has 6 nitrogen and oxygen atoms in total. The van der Waals surface area contributed by atoms with Crippen LogP contribution in [0, 0.1) is 16.0 Å². The minimum absolute atomic E-state index is 0.109. The second kappa shape index (κ2) is 6.39. The van der Waals surface area contributed by atoms with Gasteiger partial charge in [-0.15, -0.1) is 0 Å². The van der Waals surface area contributed by atoms with Crippen LogP contribution in [-0.2, 0) is 9.53 Å². The number of benzene rings is 1. The topological polar surface area (TPSA) is 78.7 Å². The number of hydrogen-bond donors (Lipinski definition) is 0. The average molecular weight is 291 g/mol. The number of carbonyl (C=O) groups excluding carboxylic acids is 1. The van der Waals surface area contributed by atoms with Gasteiger partial charge in [-0.2, -0.15) is 0 Å². The fourth-order valence-corrected chi connectivity index (χ4v) is 2.61. The summed E-state index contributed by atoms with van der Waals surface area (Å²) in [5, 5.41) is 11.2. The van der Waals surface area contributed by atoms with E-state index < -0.39 is 0 Å². The van der Waals surface area contributed by atoms with E-state index in [0.717, 1.165) is 5.56 Å². The Morgan fingerprint density at radius 3 is 2.57 bits per heavy atom. The molecule has 0 aromatic heterocycles. The Morgan fingerprint density at radius 1 is 1.38 bits per heavy atom. The van der Waals surface area contributed by atoms with E-state index in [4.69, 9.17) is 9.47 Å². The fraction of sp³-hybridized carbons (Fsp3) is 0.400. The first kappa shape index (κ1) is 15.0. The van der Waals surface area contributed by atoms with Gasteiger partial charge in [0, 0.05) is 12.8 Å². The van der Waals surface area contributed by atoms with Gasteiger partial charge in [-0.3, -0.25) is 14.9 Å². The molecule has 0 amide bonds. The maximum Gasteiger partial charge on any atom is 0.302 e. The largest absolute Gasteiger partial charge is 0.497 e. The lowest BCUT2D eigenvalue weighted by molar-refractivity contribution is -0.430. The molecule has 0 N–H and O–H groups in total. The Bertz CT molecular complexity index is 564. The summed E-state index contributed by atoms with van der Waals surface area (Å²) in [4.78, 5) is 21.8. The highest BCUT2D eigenvalue weighted by Crippen LogP contribution is 2.40. The van der Waals surface area contributed by atoms with Crippen molar-refractivity contribution in [3.63, 3.8) is 0 Å². The van der Waals surface area contributed by atoms with E-state index in [9.17, 15) is 14.9 Å². The molecule has 1 aromatic rings. The number of esters is 1. The summed E-state index contributed by atoms with van der Waals surface area (Å²) in [6.07, 6.45) is 2.14. The van der Waals surface area contributed by atoms with Crippen molar-refractivity contribution >= 4 is 5.97 Å². The number of hydrogen-bond acceptors (Lipinski definition) is 5. The number of rotatable bonds is 5. The SMILES string of the molecule is COc1ccc([C@H]2C([N+](=O)[O-])=CC[C@H]2COC(C)=O)cc1. The first-order valence-corrected chi connectivity index (χ1v) is 6.64. The molecule has 21 heavy (non-hydrogen) atoms. The summed E-state index contributed by atoms with van der Waals surface area (Å²) in [6.45, 7) is 1.51. The normalized spacial score (nSPS) is 20.8. The molecule has 112 valence electrons. The van der Waals surface area contributed by atoms with E-state index in [1.165, 1.54) is 6.92 Å². The highest BCUT2D eigenvalue weighted by molar-refractivity contribution is 5.65. The van der Waals surface area contributed by atoms with Crippen molar-refractivity contribution in [3.8, 4) is 5.75 Å². The van der Waals surface area contributed by atoms with Gasteiger partial charge in [0.05, 0.1) is 24.6 Å². The minimum atomic E-state index is -0.377. The molecule has 2 atom stereocenters. The van der Waals surface area contributed by atoms with Gasteiger partial charge in [-0.05, 0) is 30.2 Å². The van der Waals surface area contributed by atoms with Crippen molar-refractivity contribution in [2.75, 3.05) is 13.7 Å². The van der Waals surface area contributed by atoms with Crippen LogP contribution in [-0.4, -0.2) is 24.6 Å². The molecule has 0 unspecified atom stereocenters. The van der Waals surface area contributed by atoms with E-state index in [1.807, 2.05) is 12.1 Å². The zero-order valence-electron chi connectivity index (χ0n) is 11.9. The number of carbonyl (C=O) groups is 1. The average Bonchev–Trinajstić information content (AvgIpc) is 2.89. The lowest BCUT2D eigenvalue weighted by atomic mass is 9.87. The number of allylic oxidation sites excluding steroid dienone is 2.